The zero-order chi connectivity index (χ0) is 17.3. The van der Waals surface area contributed by atoms with Crippen LogP contribution in [-0.4, -0.2) is 40.9 Å². The highest BCUT2D eigenvalue weighted by Gasteiger charge is 2.66. The van der Waals surface area contributed by atoms with Crippen LogP contribution in [0.4, 0.5) is 0 Å². The predicted octanol–water partition coefficient (Wildman–Crippen LogP) is 2.87. The number of Topliss-reactive ketones (excluding diaryl/α,β-unsaturated/α-hetero) is 1. The van der Waals surface area contributed by atoms with Gasteiger partial charge in [-0.2, -0.15) is 0 Å². The van der Waals surface area contributed by atoms with Gasteiger partial charge in [-0.15, -0.1) is 0 Å². The maximum Gasteiger partial charge on any atom is 0.168 e. The Labute approximate surface area is 145 Å². The van der Waals surface area contributed by atoms with Gasteiger partial charge in [-0.05, 0) is 38.0 Å². The summed E-state index contributed by atoms with van der Waals surface area (Å²) in [6.07, 6.45) is 10.8. The first-order valence-electron chi connectivity index (χ1n) is 9.69. The molecular weight excluding hydrogens is 304 g/mol. The van der Waals surface area contributed by atoms with Crippen molar-refractivity contribution in [2.75, 3.05) is 7.11 Å². The van der Waals surface area contributed by atoms with Gasteiger partial charge >= 0.3 is 0 Å². The summed E-state index contributed by atoms with van der Waals surface area (Å²) in [7, 11) is 1.62. The van der Waals surface area contributed by atoms with Crippen molar-refractivity contribution in [1.82, 2.24) is 0 Å². The van der Waals surface area contributed by atoms with Crippen molar-refractivity contribution < 1.29 is 19.7 Å². The fourth-order valence-corrected chi connectivity index (χ4v) is 5.43. The molecule has 4 heteroatoms. The molecule has 3 fully saturated rings. The minimum absolute atomic E-state index is 0.0265. The molecule has 3 saturated carbocycles. The number of rotatable bonds is 5. The number of methoxy groups -OCH3 is 1. The van der Waals surface area contributed by atoms with E-state index in [1.54, 1.807) is 7.11 Å². The van der Waals surface area contributed by atoms with Crippen LogP contribution in [0, 0.1) is 23.7 Å². The average Bonchev–Trinajstić information content (AvgIpc) is 2.62. The zero-order valence-corrected chi connectivity index (χ0v) is 15.0. The maximum atomic E-state index is 12.5. The van der Waals surface area contributed by atoms with Crippen LogP contribution in [0.5, 0.6) is 0 Å². The van der Waals surface area contributed by atoms with E-state index < -0.39 is 17.8 Å². The molecule has 0 aromatic carbocycles. The topological polar surface area (TPSA) is 66.8 Å². The highest BCUT2D eigenvalue weighted by Crippen LogP contribution is 2.55. The number of aliphatic hydroxyl groups is 2. The molecule has 0 aliphatic heterocycles. The van der Waals surface area contributed by atoms with E-state index in [1.165, 1.54) is 19.3 Å². The number of carbonyl (C=O) groups is 1. The number of ketones is 1. The van der Waals surface area contributed by atoms with E-state index in [-0.39, 0.29) is 23.5 Å². The smallest absolute Gasteiger partial charge is 0.168 e. The second kappa shape index (κ2) is 7.27. The first-order chi connectivity index (χ1) is 11.5. The molecule has 0 aromatic heterocycles. The van der Waals surface area contributed by atoms with Crippen LogP contribution in [0.25, 0.3) is 0 Å². The third-order valence-corrected chi connectivity index (χ3v) is 6.86. The lowest BCUT2D eigenvalue weighted by Crippen LogP contribution is -2.69. The van der Waals surface area contributed by atoms with E-state index in [2.05, 4.69) is 0 Å². The van der Waals surface area contributed by atoms with Crippen molar-refractivity contribution in [1.29, 1.82) is 0 Å². The van der Waals surface area contributed by atoms with Gasteiger partial charge in [-0.25, -0.2) is 0 Å². The quantitative estimate of drug-likeness (QED) is 0.758. The van der Waals surface area contributed by atoms with Gasteiger partial charge in [-0.3, -0.25) is 4.79 Å². The Morgan fingerprint density at radius 2 is 2.00 bits per heavy atom. The summed E-state index contributed by atoms with van der Waals surface area (Å²) >= 11 is 0. The van der Waals surface area contributed by atoms with Gasteiger partial charge < -0.3 is 14.9 Å². The normalized spacial score (nSPS) is 41.9. The van der Waals surface area contributed by atoms with Crippen molar-refractivity contribution in [3.8, 4) is 0 Å². The minimum atomic E-state index is -0.704. The third kappa shape index (κ3) is 2.87. The molecule has 0 aromatic rings. The lowest BCUT2D eigenvalue weighted by molar-refractivity contribution is -0.208. The Kier molecular flexibility index (Phi) is 5.48. The lowest BCUT2D eigenvalue weighted by Gasteiger charge is -2.58. The summed E-state index contributed by atoms with van der Waals surface area (Å²) < 4.78 is 5.67. The molecule has 6 atom stereocenters. The Morgan fingerprint density at radius 1 is 1.29 bits per heavy atom. The van der Waals surface area contributed by atoms with Crippen LogP contribution in [0.3, 0.4) is 0 Å². The highest BCUT2D eigenvalue weighted by atomic mass is 16.5. The van der Waals surface area contributed by atoms with E-state index in [1.807, 2.05) is 19.1 Å². The van der Waals surface area contributed by atoms with Crippen molar-refractivity contribution >= 4 is 5.78 Å². The molecule has 0 amide bonds. The summed E-state index contributed by atoms with van der Waals surface area (Å²) in [6, 6.07) is 0. The molecule has 0 radical (unpaired) electrons. The molecule has 0 spiro atoms. The minimum Gasteiger partial charge on any atom is -0.393 e. The molecular formula is C20H32O4. The molecule has 0 heterocycles. The standard InChI is InChI=1S/C20H32O4/c1-3-14-18-15(9-10-16(21)13-7-5-4-6-8-13)17(22)11-12-20(18,24-2)19(14)23/h9-10,13-18,21-22H,3-8,11-12H2,1-2H3/b10-9+/t14?,15-,16+,17+,18+,20+/m1/s1. The van der Waals surface area contributed by atoms with Crippen LogP contribution in [-0.2, 0) is 9.53 Å². The number of hydrogen-bond donors (Lipinski definition) is 2. The molecule has 0 saturated heterocycles. The second-order valence-corrected chi connectivity index (χ2v) is 7.96. The lowest BCUT2D eigenvalue weighted by atomic mass is 9.49. The molecule has 4 nitrogen and oxygen atoms in total. The number of ether oxygens (including phenoxy) is 1. The van der Waals surface area contributed by atoms with Gasteiger partial charge in [-0.1, -0.05) is 38.3 Å². The predicted molar refractivity (Wildman–Crippen MR) is 92.5 cm³/mol. The molecule has 24 heavy (non-hydrogen) atoms. The summed E-state index contributed by atoms with van der Waals surface area (Å²) in [4.78, 5) is 12.5. The zero-order valence-electron chi connectivity index (χ0n) is 15.0. The van der Waals surface area contributed by atoms with Crippen molar-refractivity contribution in [2.24, 2.45) is 23.7 Å². The van der Waals surface area contributed by atoms with E-state index in [9.17, 15) is 15.0 Å². The first kappa shape index (κ1) is 18.1. The molecule has 136 valence electrons. The van der Waals surface area contributed by atoms with E-state index >= 15 is 0 Å². The van der Waals surface area contributed by atoms with Gasteiger partial charge in [0.05, 0.1) is 12.2 Å². The number of carbonyl (C=O) groups excluding carboxylic acids is 1. The molecule has 2 N–H and O–H groups in total. The van der Waals surface area contributed by atoms with Gasteiger partial charge in [0.2, 0.25) is 0 Å². The monoisotopic (exact) mass is 336 g/mol. The van der Waals surface area contributed by atoms with E-state index in [0.717, 1.165) is 19.3 Å². The molecule has 3 aliphatic carbocycles. The summed E-state index contributed by atoms with van der Waals surface area (Å²) in [5.74, 6) is 0.461. The second-order valence-electron chi connectivity index (χ2n) is 7.96. The summed E-state index contributed by atoms with van der Waals surface area (Å²) in [5, 5.41) is 21.0. The number of hydrogen-bond acceptors (Lipinski definition) is 4. The Balaban J connectivity index is 1.74. The van der Waals surface area contributed by atoms with Crippen LogP contribution in [0.1, 0.15) is 58.3 Å². The molecule has 3 rings (SSSR count). The number of fused-ring (bicyclic) bond motifs is 1. The average molecular weight is 336 g/mol. The Hall–Kier alpha value is -0.710. The Morgan fingerprint density at radius 3 is 2.62 bits per heavy atom. The van der Waals surface area contributed by atoms with Gasteiger partial charge in [0.25, 0.3) is 0 Å². The summed E-state index contributed by atoms with van der Waals surface area (Å²) in [5.41, 5.74) is -0.704. The van der Waals surface area contributed by atoms with Crippen molar-refractivity contribution in [3.63, 3.8) is 0 Å². The first-order valence-corrected chi connectivity index (χ1v) is 9.69. The fraction of sp³-hybridized carbons (Fsp3) is 0.850. The van der Waals surface area contributed by atoms with E-state index in [4.69, 9.17) is 4.74 Å². The van der Waals surface area contributed by atoms with Crippen LogP contribution < -0.4 is 0 Å². The fourth-order valence-electron chi connectivity index (χ4n) is 5.43. The maximum absolute atomic E-state index is 12.5. The van der Waals surface area contributed by atoms with Crippen LogP contribution in [0.15, 0.2) is 12.2 Å². The van der Waals surface area contributed by atoms with Crippen LogP contribution in [0.2, 0.25) is 0 Å². The largest absolute Gasteiger partial charge is 0.393 e. The third-order valence-electron chi connectivity index (χ3n) is 6.86. The molecule has 1 unspecified atom stereocenters. The van der Waals surface area contributed by atoms with Crippen molar-refractivity contribution in [3.05, 3.63) is 12.2 Å². The highest BCUT2D eigenvalue weighted by molar-refractivity contribution is 5.97. The van der Waals surface area contributed by atoms with Gasteiger partial charge in [0, 0.05) is 24.9 Å². The molecule has 3 aliphatic rings. The van der Waals surface area contributed by atoms with Crippen molar-refractivity contribution in [2.45, 2.75) is 76.1 Å². The summed E-state index contributed by atoms with van der Waals surface area (Å²) in [6.45, 7) is 2.03. The van der Waals surface area contributed by atoms with Gasteiger partial charge in [0.1, 0.15) is 5.60 Å². The van der Waals surface area contributed by atoms with Gasteiger partial charge in [0.15, 0.2) is 5.78 Å². The van der Waals surface area contributed by atoms with E-state index in [0.29, 0.717) is 18.8 Å². The van der Waals surface area contributed by atoms with Crippen LogP contribution >= 0.6 is 0 Å². The molecule has 0 bridgehead atoms. The SMILES string of the molecule is CCC1C(=O)[C@]2(OC)CC[C@H](O)[C@@H](/C=C/[C@H](O)C3CCCCC3)[C@H]12. The number of aliphatic hydroxyl groups excluding tert-OH is 2. The Bertz CT molecular complexity index is 482.